The SMILES string of the molecule is COc1cc(NC(=O)C(=O)Nc2cccc(N([O-])O)c2)ccc1-c1cnco1. The molecule has 0 aliphatic heterocycles. The zero-order valence-electron chi connectivity index (χ0n) is 14.6. The van der Waals surface area contributed by atoms with E-state index in [1.807, 2.05) is 0 Å². The van der Waals surface area contributed by atoms with Crippen LogP contribution in [-0.2, 0) is 9.59 Å². The molecule has 0 saturated heterocycles. The van der Waals surface area contributed by atoms with Gasteiger partial charge in [0, 0.05) is 17.4 Å². The minimum absolute atomic E-state index is 0.0917. The summed E-state index contributed by atoms with van der Waals surface area (Å²) in [6.07, 6.45) is 2.81. The van der Waals surface area contributed by atoms with Crippen LogP contribution in [0.5, 0.6) is 5.75 Å². The zero-order chi connectivity index (χ0) is 20.1. The lowest BCUT2D eigenvalue weighted by atomic mass is 10.1. The molecule has 144 valence electrons. The molecule has 0 bridgehead atoms. The number of rotatable bonds is 5. The molecule has 10 heteroatoms. The van der Waals surface area contributed by atoms with E-state index in [1.54, 1.807) is 12.1 Å². The van der Waals surface area contributed by atoms with Crippen LogP contribution in [-0.4, -0.2) is 29.1 Å². The zero-order valence-corrected chi connectivity index (χ0v) is 14.6. The van der Waals surface area contributed by atoms with Gasteiger partial charge in [-0.2, -0.15) is 0 Å². The van der Waals surface area contributed by atoms with Crippen molar-refractivity contribution in [2.24, 2.45) is 0 Å². The summed E-state index contributed by atoms with van der Waals surface area (Å²) in [5.41, 5.74) is 1.04. The lowest BCUT2D eigenvalue weighted by molar-refractivity contribution is -0.132. The van der Waals surface area contributed by atoms with Gasteiger partial charge in [0.25, 0.3) is 0 Å². The molecule has 3 aromatic rings. The summed E-state index contributed by atoms with van der Waals surface area (Å²) in [6, 6.07) is 10.2. The fourth-order valence-electron chi connectivity index (χ4n) is 2.40. The van der Waals surface area contributed by atoms with Crippen molar-refractivity contribution in [1.29, 1.82) is 0 Å². The van der Waals surface area contributed by atoms with E-state index >= 15 is 0 Å². The monoisotopic (exact) mass is 383 g/mol. The highest BCUT2D eigenvalue weighted by atomic mass is 16.8. The second-order valence-electron chi connectivity index (χ2n) is 5.51. The van der Waals surface area contributed by atoms with Crippen molar-refractivity contribution in [1.82, 2.24) is 4.98 Å². The molecule has 0 radical (unpaired) electrons. The van der Waals surface area contributed by atoms with Crippen LogP contribution >= 0.6 is 0 Å². The normalized spacial score (nSPS) is 10.2. The number of nitrogens with one attached hydrogen (secondary N) is 2. The Hall–Kier alpha value is -3.89. The molecule has 28 heavy (non-hydrogen) atoms. The number of aromatic nitrogens is 1. The van der Waals surface area contributed by atoms with Crippen LogP contribution in [0, 0.1) is 5.21 Å². The summed E-state index contributed by atoms with van der Waals surface area (Å²) >= 11 is 0. The van der Waals surface area contributed by atoms with E-state index in [0.29, 0.717) is 22.8 Å². The summed E-state index contributed by atoms with van der Waals surface area (Å²) < 4.78 is 10.5. The number of carbonyl (C=O) groups excluding carboxylic acids is 2. The molecule has 3 rings (SSSR count). The third-order valence-corrected chi connectivity index (χ3v) is 3.69. The van der Waals surface area contributed by atoms with Gasteiger partial charge in [0.2, 0.25) is 0 Å². The molecular formula is C18H15N4O6-. The summed E-state index contributed by atoms with van der Waals surface area (Å²) in [5, 5.41) is 24.2. The van der Waals surface area contributed by atoms with Crippen LogP contribution in [0.15, 0.2) is 59.5 Å². The number of ether oxygens (including phenoxy) is 1. The molecule has 0 unspecified atom stereocenters. The van der Waals surface area contributed by atoms with Crippen molar-refractivity contribution in [3.63, 3.8) is 0 Å². The molecule has 1 aromatic heterocycles. The van der Waals surface area contributed by atoms with Crippen molar-refractivity contribution >= 4 is 28.9 Å². The molecule has 2 amide bonds. The summed E-state index contributed by atoms with van der Waals surface area (Å²) in [5.74, 6) is -0.974. The first-order chi connectivity index (χ1) is 13.5. The number of hydrogen-bond donors (Lipinski definition) is 3. The Morgan fingerprint density at radius 2 is 1.86 bits per heavy atom. The molecule has 0 aliphatic carbocycles. The average Bonchev–Trinajstić information content (AvgIpc) is 3.22. The number of methoxy groups -OCH3 is 1. The number of nitrogens with zero attached hydrogens (tertiary/aromatic N) is 2. The van der Waals surface area contributed by atoms with Crippen LogP contribution in [0.3, 0.4) is 0 Å². The van der Waals surface area contributed by atoms with E-state index < -0.39 is 11.8 Å². The van der Waals surface area contributed by atoms with Crippen molar-refractivity contribution in [3.05, 3.63) is 60.3 Å². The van der Waals surface area contributed by atoms with E-state index in [4.69, 9.17) is 14.4 Å². The van der Waals surface area contributed by atoms with Gasteiger partial charge in [-0.3, -0.25) is 14.8 Å². The highest BCUT2D eigenvalue weighted by Gasteiger charge is 2.16. The number of benzene rings is 2. The summed E-state index contributed by atoms with van der Waals surface area (Å²) in [4.78, 5) is 28.1. The number of carbonyl (C=O) groups is 2. The molecule has 0 atom stereocenters. The minimum Gasteiger partial charge on any atom is -0.733 e. The van der Waals surface area contributed by atoms with Crippen molar-refractivity contribution < 1.29 is 24.0 Å². The second-order valence-corrected chi connectivity index (χ2v) is 5.51. The molecule has 10 nitrogen and oxygen atoms in total. The van der Waals surface area contributed by atoms with Gasteiger partial charge in [-0.1, -0.05) is 6.07 Å². The van der Waals surface area contributed by atoms with E-state index in [1.165, 1.54) is 50.0 Å². The maximum absolute atomic E-state index is 12.1. The Bertz CT molecular complexity index is 988. The van der Waals surface area contributed by atoms with Gasteiger partial charge in [-0.15, -0.1) is 0 Å². The van der Waals surface area contributed by atoms with Crippen LogP contribution in [0.4, 0.5) is 17.1 Å². The Morgan fingerprint density at radius 1 is 1.14 bits per heavy atom. The first kappa shape index (κ1) is 18.9. The highest BCUT2D eigenvalue weighted by Crippen LogP contribution is 2.32. The molecule has 0 spiro atoms. The topological polar surface area (TPSA) is 140 Å². The second kappa shape index (κ2) is 8.20. The number of oxazole rings is 1. The van der Waals surface area contributed by atoms with Gasteiger partial charge in [0.1, 0.15) is 5.75 Å². The Kier molecular flexibility index (Phi) is 5.53. The van der Waals surface area contributed by atoms with E-state index in [0.717, 1.165) is 0 Å². The van der Waals surface area contributed by atoms with E-state index in [-0.39, 0.29) is 16.6 Å². The van der Waals surface area contributed by atoms with Gasteiger partial charge in [-0.25, -0.2) is 4.98 Å². The van der Waals surface area contributed by atoms with Crippen molar-refractivity contribution in [2.45, 2.75) is 0 Å². The molecule has 1 heterocycles. The largest absolute Gasteiger partial charge is 0.733 e. The predicted octanol–water partition coefficient (Wildman–Crippen LogP) is 2.62. The van der Waals surface area contributed by atoms with Crippen LogP contribution in [0.1, 0.15) is 0 Å². The summed E-state index contributed by atoms with van der Waals surface area (Å²) in [7, 11) is 1.46. The van der Waals surface area contributed by atoms with Crippen LogP contribution < -0.4 is 20.6 Å². The molecular weight excluding hydrogens is 368 g/mol. The summed E-state index contributed by atoms with van der Waals surface area (Å²) in [6.45, 7) is 0. The maximum atomic E-state index is 12.1. The molecule has 3 N–H and O–H groups in total. The van der Waals surface area contributed by atoms with E-state index in [9.17, 15) is 14.8 Å². The van der Waals surface area contributed by atoms with Crippen LogP contribution in [0.2, 0.25) is 0 Å². The standard InChI is InChI=1S/C18H15N4O6/c1-27-15-8-12(5-6-14(15)16-9-19-10-28-16)21-18(24)17(23)20-11-3-2-4-13(7-11)22(25)26/h2-10,25H,1H3,(H,20,23)(H,21,24)/q-1. The predicted molar refractivity (Wildman–Crippen MR) is 99.8 cm³/mol. The van der Waals surface area contributed by atoms with Gasteiger partial charge in [0.05, 0.1) is 24.6 Å². The minimum atomic E-state index is -0.953. The molecule has 0 saturated carbocycles. The first-order valence-corrected chi connectivity index (χ1v) is 7.93. The Balaban J connectivity index is 1.70. The van der Waals surface area contributed by atoms with Crippen molar-refractivity contribution in [2.75, 3.05) is 23.0 Å². The van der Waals surface area contributed by atoms with Gasteiger partial charge in [-0.05, 0) is 30.3 Å². The third-order valence-electron chi connectivity index (χ3n) is 3.69. The third kappa shape index (κ3) is 4.26. The van der Waals surface area contributed by atoms with Gasteiger partial charge < -0.3 is 30.2 Å². The lowest BCUT2D eigenvalue weighted by Gasteiger charge is -2.21. The maximum Gasteiger partial charge on any atom is 0.314 e. The highest BCUT2D eigenvalue weighted by molar-refractivity contribution is 6.43. The quantitative estimate of drug-likeness (QED) is 0.451. The van der Waals surface area contributed by atoms with Gasteiger partial charge >= 0.3 is 11.8 Å². The molecule has 0 aliphatic rings. The fourth-order valence-corrected chi connectivity index (χ4v) is 2.40. The van der Waals surface area contributed by atoms with Crippen molar-refractivity contribution in [3.8, 4) is 17.1 Å². The van der Waals surface area contributed by atoms with Crippen LogP contribution in [0.25, 0.3) is 11.3 Å². The number of hydrogen-bond acceptors (Lipinski definition) is 8. The number of amides is 2. The first-order valence-electron chi connectivity index (χ1n) is 7.93. The molecule has 0 fully saturated rings. The van der Waals surface area contributed by atoms with Gasteiger partial charge in [0.15, 0.2) is 12.2 Å². The average molecular weight is 383 g/mol. The molecule has 2 aromatic carbocycles. The number of anilines is 3. The lowest BCUT2D eigenvalue weighted by Crippen LogP contribution is -2.29. The Morgan fingerprint density at radius 3 is 2.46 bits per heavy atom. The Labute approximate surface area is 158 Å². The smallest absolute Gasteiger partial charge is 0.314 e. The van der Waals surface area contributed by atoms with E-state index in [2.05, 4.69) is 15.6 Å². The fraction of sp³-hybridized carbons (Fsp3) is 0.0556.